The molecule has 142 valence electrons. The second-order valence-corrected chi connectivity index (χ2v) is 6.47. The van der Waals surface area contributed by atoms with Crippen molar-refractivity contribution in [2.24, 2.45) is 0 Å². The molecule has 1 aromatic carbocycles. The first-order valence-electron chi connectivity index (χ1n) is 9.17. The molecule has 0 aliphatic carbocycles. The van der Waals surface area contributed by atoms with Crippen molar-refractivity contribution in [1.82, 2.24) is 15.0 Å². The van der Waals surface area contributed by atoms with Gasteiger partial charge < -0.3 is 10.6 Å². The summed E-state index contributed by atoms with van der Waals surface area (Å²) < 4.78 is 0. The van der Waals surface area contributed by atoms with Crippen LogP contribution in [0.1, 0.15) is 16.2 Å². The SMILES string of the molecule is Cc1cccc(C(=O)Nc2cc(-c3ccnc(Nc4ccccc4)c3)ccn2)n1. The summed E-state index contributed by atoms with van der Waals surface area (Å²) in [7, 11) is 0. The summed E-state index contributed by atoms with van der Waals surface area (Å²) >= 11 is 0. The Kier molecular flexibility index (Phi) is 5.25. The molecule has 0 atom stereocenters. The third-order valence-electron chi connectivity index (χ3n) is 4.26. The van der Waals surface area contributed by atoms with Gasteiger partial charge in [0.1, 0.15) is 17.3 Å². The fourth-order valence-electron chi connectivity index (χ4n) is 2.88. The number of pyridine rings is 3. The Bertz CT molecular complexity index is 1140. The third kappa shape index (κ3) is 4.62. The zero-order chi connectivity index (χ0) is 20.1. The van der Waals surface area contributed by atoms with Gasteiger partial charge in [-0.2, -0.15) is 0 Å². The molecule has 3 aromatic heterocycles. The zero-order valence-corrected chi connectivity index (χ0v) is 15.8. The number of hydrogen-bond donors (Lipinski definition) is 2. The van der Waals surface area contributed by atoms with Crippen LogP contribution in [0, 0.1) is 6.92 Å². The van der Waals surface area contributed by atoms with E-state index in [-0.39, 0.29) is 5.91 Å². The van der Waals surface area contributed by atoms with Gasteiger partial charge in [-0.3, -0.25) is 4.79 Å². The molecular formula is C23H19N5O. The summed E-state index contributed by atoms with van der Waals surface area (Å²) in [6.07, 6.45) is 3.41. The van der Waals surface area contributed by atoms with Gasteiger partial charge in [-0.1, -0.05) is 24.3 Å². The fourth-order valence-corrected chi connectivity index (χ4v) is 2.88. The molecule has 29 heavy (non-hydrogen) atoms. The highest BCUT2D eigenvalue weighted by molar-refractivity contribution is 6.02. The number of para-hydroxylation sites is 1. The van der Waals surface area contributed by atoms with Crippen LogP contribution in [0.5, 0.6) is 0 Å². The van der Waals surface area contributed by atoms with Gasteiger partial charge in [0.2, 0.25) is 0 Å². The van der Waals surface area contributed by atoms with Crippen molar-refractivity contribution in [1.29, 1.82) is 0 Å². The molecule has 0 aliphatic heterocycles. The predicted molar refractivity (Wildman–Crippen MR) is 114 cm³/mol. The minimum Gasteiger partial charge on any atom is -0.340 e. The van der Waals surface area contributed by atoms with E-state index in [0.717, 1.165) is 28.3 Å². The number of aryl methyl sites for hydroxylation is 1. The van der Waals surface area contributed by atoms with Gasteiger partial charge in [0, 0.05) is 23.8 Å². The average molecular weight is 381 g/mol. The first-order valence-corrected chi connectivity index (χ1v) is 9.17. The highest BCUT2D eigenvalue weighted by Crippen LogP contribution is 2.24. The molecule has 0 unspecified atom stereocenters. The van der Waals surface area contributed by atoms with E-state index in [1.54, 1.807) is 24.5 Å². The van der Waals surface area contributed by atoms with Gasteiger partial charge in [-0.05, 0) is 66.6 Å². The number of hydrogen-bond acceptors (Lipinski definition) is 5. The lowest BCUT2D eigenvalue weighted by Crippen LogP contribution is -2.14. The maximum absolute atomic E-state index is 12.4. The van der Waals surface area contributed by atoms with Crippen LogP contribution in [-0.4, -0.2) is 20.9 Å². The highest BCUT2D eigenvalue weighted by Gasteiger charge is 2.09. The van der Waals surface area contributed by atoms with Crippen molar-refractivity contribution in [3.8, 4) is 11.1 Å². The number of amides is 1. The topological polar surface area (TPSA) is 79.8 Å². The largest absolute Gasteiger partial charge is 0.340 e. The summed E-state index contributed by atoms with van der Waals surface area (Å²) in [5, 5.41) is 6.09. The first kappa shape index (κ1) is 18.3. The molecule has 4 aromatic rings. The minimum absolute atomic E-state index is 0.292. The minimum atomic E-state index is -0.292. The lowest BCUT2D eigenvalue weighted by atomic mass is 10.1. The number of nitrogens with zero attached hydrogens (tertiary/aromatic N) is 3. The molecule has 0 aliphatic rings. The molecule has 6 heteroatoms. The molecule has 3 heterocycles. The number of aromatic nitrogens is 3. The number of rotatable bonds is 5. The number of anilines is 3. The molecule has 0 saturated carbocycles. The van der Waals surface area contributed by atoms with E-state index < -0.39 is 0 Å². The summed E-state index contributed by atoms with van der Waals surface area (Å²) in [5.74, 6) is 0.907. The Morgan fingerprint density at radius 1 is 0.793 bits per heavy atom. The summed E-state index contributed by atoms with van der Waals surface area (Å²) in [4.78, 5) is 25.3. The average Bonchev–Trinajstić information content (AvgIpc) is 2.75. The maximum Gasteiger partial charge on any atom is 0.275 e. The van der Waals surface area contributed by atoms with E-state index in [9.17, 15) is 4.79 Å². The first-order chi connectivity index (χ1) is 14.2. The number of nitrogens with one attached hydrogen (secondary N) is 2. The summed E-state index contributed by atoms with van der Waals surface area (Å²) in [6, 6.07) is 22.8. The quantitative estimate of drug-likeness (QED) is 0.517. The number of benzene rings is 1. The Morgan fingerprint density at radius 3 is 2.21 bits per heavy atom. The van der Waals surface area contributed by atoms with Crippen LogP contribution < -0.4 is 10.6 Å². The Balaban J connectivity index is 1.54. The molecule has 4 rings (SSSR count). The van der Waals surface area contributed by atoms with Crippen LogP contribution in [0.4, 0.5) is 17.3 Å². The van der Waals surface area contributed by atoms with E-state index in [0.29, 0.717) is 11.5 Å². The van der Waals surface area contributed by atoms with Crippen LogP contribution in [0.15, 0.2) is 85.2 Å². The van der Waals surface area contributed by atoms with Gasteiger partial charge in [0.05, 0.1) is 0 Å². The van der Waals surface area contributed by atoms with Crippen molar-refractivity contribution in [2.75, 3.05) is 10.6 Å². The molecule has 0 bridgehead atoms. The van der Waals surface area contributed by atoms with E-state index >= 15 is 0 Å². The molecule has 6 nitrogen and oxygen atoms in total. The molecule has 2 N–H and O–H groups in total. The number of carbonyl (C=O) groups excluding carboxylic acids is 1. The van der Waals surface area contributed by atoms with E-state index in [4.69, 9.17) is 0 Å². The maximum atomic E-state index is 12.4. The standard InChI is InChI=1S/C23H19N5O/c1-16-6-5-9-20(26-16)23(29)28-22-15-18(11-13-25-22)17-10-12-24-21(14-17)27-19-7-3-2-4-8-19/h2-15H,1H3,(H,24,27)(H,25,28,29). The van der Waals surface area contributed by atoms with Crippen molar-refractivity contribution >= 4 is 23.2 Å². The van der Waals surface area contributed by atoms with Crippen LogP contribution in [0.2, 0.25) is 0 Å². The predicted octanol–water partition coefficient (Wildman–Crippen LogP) is 4.84. The van der Waals surface area contributed by atoms with Crippen molar-refractivity contribution in [3.63, 3.8) is 0 Å². The Hall–Kier alpha value is -4.06. The normalized spacial score (nSPS) is 10.4. The molecule has 0 fully saturated rings. The van der Waals surface area contributed by atoms with Crippen molar-refractivity contribution in [3.05, 3.63) is 96.6 Å². The molecule has 0 radical (unpaired) electrons. The monoisotopic (exact) mass is 381 g/mol. The highest BCUT2D eigenvalue weighted by atomic mass is 16.1. The third-order valence-corrected chi connectivity index (χ3v) is 4.26. The van der Waals surface area contributed by atoms with Gasteiger partial charge >= 0.3 is 0 Å². The Morgan fingerprint density at radius 2 is 1.48 bits per heavy atom. The van der Waals surface area contributed by atoms with Crippen molar-refractivity contribution in [2.45, 2.75) is 6.92 Å². The smallest absolute Gasteiger partial charge is 0.275 e. The second-order valence-electron chi connectivity index (χ2n) is 6.47. The zero-order valence-electron chi connectivity index (χ0n) is 15.8. The lowest BCUT2D eigenvalue weighted by Gasteiger charge is -2.09. The summed E-state index contributed by atoms with van der Waals surface area (Å²) in [5.41, 5.74) is 3.99. The summed E-state index contributed by atoms with van der Waals surface area (Å²) in [6.45, 7) is 1.85. The van der Waals surface area contributed by atoms with Gasteiger partial charge in [0.15, 0.2) is 0 Å². The van der Waals surface area contributed by atoms with Gasteiger partial charge in [-0.15, -0.1) is 0 Å². The Labute approximate surface area is 168 Å². The molecular weight excluding hydrogens is 362 g/mol. The van der Waals surface area contributed by atoms with Crippen molar-refractivity contribution < 1.29 is 4.79 Å². The van der Waals surface area contributed by atoms with E-state index in [1.807, 2.05) is 67.6 Å². The molecule has 0 saturated heterocycles. The van der Waals surface area contributed by atoms with E-state index in [1.165, 1.54) is 0 Å². The molecule has 0 spiro atoms. The molecule has 1 amide bonds. The lowest BCUT2D eigenvalue weighted by molar-refractivity contribution is 0.102. The van der Waals surface area contributed by atoms with Crippen LogP contribution in [-0.2, 0) is 0 Å². The van der Waals surface area contributed by atoms with Crippen LogP contribution in [0.3, 0.4) is 0 Å². The second kappa shape index (κ2) is 8.31. The van der Waals surface area contributed by atoms with Gasteiger partial charge in [0.25, 0.3) is 5.91 Å². The van der Waals surface area contributed by atoms with E-state index in [2.05, 4.69) is 25.6 Å². The van der Waals surface area contributed by atoms with Crippen LogP contribution in [0.25, 0.3) is 11.1 Å². The van der Waals surface area contributed by atoms with Gasteiger partial charge in [-0.25, -0.2) is 15.0 Å². The fraction of sp³-hybridized carbons (Fsp3) is 0.0435. The number of carbonyl (C=O) groups is 1. The van der Waals surface area contributed by atoms with Crippen LogP contribution >= 0.6 is 0 Å².